The second kappa shape index (κ2) is 10.5. The first-order chi connectivity index (χ1) is 20.8. The molecule has 42 heavy (non-hydrogen) atoms. The number of thiophene rings is 1. The smallest absolute Gasteiger partial charge is 0.0554 e. The molecule has 200 valence electrons. The molecule has 1 nitrogen and oxygen atoms in total. The highest BCUT2D eigenvalue weighted by Gasteiger charge is 2.21. The van der Waals surface area contributed by atoms with Crippen molar-refractivity contribution in [3.05, 3.63) is 156 Å². The summed E-state index contributed by atoms with van der Waals surface area (Å²) in [5, 5.41) is 3.87. The molecular formula is C40H29NS. The molecule has 0 amide bonds. The van der Waals surface area contributed by atoms with Crippen LogP contribution in [0, 0.1) is 0 Å². The Kier molecular flexibility index (Phi) is 6.20. The van der Waals surface area contributed by atoms with E-state index in [9.17, 15) is 0 Å². The number of anilines is 3. The van der Waals surface area contributed by atoms with Crippen LogP contribution in [0.2, 0.25) is 0 Å². The average molecular weight is 556 g/mol. The quantitative estimate of drug-likeness (QED) is 0.204. The Morgan fingerprint density at radius 2 is 1.21 bits per heavy atom. The Morgan fingerprint density at radius 3 is 2.02 bits per heavy atom. The van der Waals surface area contributed by atoms with Crippen LogP contribution in [0.4, 0.5) is 17.1 Å². The monoisotopic (exact) mass is 555 g/mol. The van der Waals surface area contributed by atoms with Crippen molar-refractivity contribution in [1.29, 1.82) is 0 Å². The zero-order valence-corrected chi connectivity index (χ0v) is 24.0. The van der Waals surface area contributed by atoms with Crippen LogP contribution < -0.4 is 4.90 Å². The third-order valence-corrected chi connectivity index (χ3v) is 9.52. The molecule has 6 aromatic carbocycles. The molecule has 0 atom stereocenters. The summed E-state index contributed by atoms with van der Waals surface area (Å²) in [6.45, 7) is 0. The number of hydrogen-bond acceptors (Lipinski definition) is 2. The number of allylic oxidation sites excluding steroid dienone is 1. The van der Waals surface area contributed by atoms with Crippen molar-refractivity contribution in [3.8, 4) is 22.3 Å². The Bertz CT molecular complexity index is 2070. The van der Waals surface area contributed by atoms with Crippen LogP contribution in [0.25, 0.3) is 49.2 Å². The normalized spacial score (nSPS) is 12.5. The summed E-state index contributed by atoms with van der Waals surface area (Å²) >= 11 is 1.95. The highest BCUT2D eigenvalue weighted by molar-refractivity contribution is 7.19. The van der Waals surface area contributed by atoms with E-state index in [0.717, 1.165) is 24.2 Å². The first kappa shape index (κ1) is 24.8. The number of fused-ring (bicyclic) bond motifs is 4. The van der Waals surface area contributed by atoms with Gasteiger partial charge in [-0.1, -0.05) is 109 Å². The molecule has 0 saturated carbocycles. The molecule has 7 aromatic rings. The lowest BCUT2D eigenvalue weighted by Gasteiger charge is -2.28. The van der Waals surface area contributed by atoms with Gasteiger partial charge in [-0.25, -0.2) is 0 Å². The lowest BCUT2D eigenvalue weighted by Crippen LogP contribution is -2.11. The molecule has 0 N–H and O–H groups in total. The summed E-state index contributed by atoms with van der Waals surface area (Å²) in [7, 11) is 0. The van der Waals surface area contributed by atoms with Crippen LogP contribution in [0.5, 0.6) is 0 Å². The van der Waals surface area contributed by atoms with E-state index in [1.165, 1.54) is 59.2 Å². The molecule has 0 radical (unpaired) electrons. The first-order valence-corrected chi connectivity index (χ1v) is 15.4. The summed E-state index contributed by atoms with van der Waals surface area (Å²) in [6, 6.07) is 50.7. The number of para-hydroxylation sites is 1. The van der Waals surface area contributed by atoms with E-state index in [2.05, 4.69) is 157 Å². The SMILES string of the molecule is C1=Cc2c(sc3cc(N(c4ccccc4)c4ccc(-c5ccccc5)cc4)c(-c4ccc5ccccc5c4)cc23)CC1. The van der Waals surface area contributed by atoms with E-state index in [0.29, 0.717) is 0 Å². The molecule has 0 aliphatic heterocycles. The predicted molar refractivity (Wildman–Crippen MR) is 182 cm³/mol. The summed E-state index contributed by atoms with van der Waals surface area (Å²) in [4.78, 5) is 3.92. The number of nitrogens with zero attached hydrogens (tertiary/aromatic N) is 1. The van der Waals surface area contributed by atoms with Crippen molar-refractivity contribution >= 4 is 55.3 Å². The summed E-state index contributed by atoms with van der Waals surface area (Å²) in [6.07, 6.45) is 6.89. The minimum absolute atomic E-state index is 1.12. The van der Waals surface area contributed by atoms with Crippen LogP contribution in [0.1, 0.15) is 16.9 Å². The van der Waals surface area contributed by atoms with E-state index in [1.807, 2.05) is 11.3 Å². The van der Waals surface area contributed by atoms with E-state index in [4.69, 9.17) is 0 Å². The van der Waals surface area contributed by atoms with Crippen molar-refractivity contribution < 1.29 is 0 Å². The van der Waals surface area contributed by atoms with E-state index < -0.39 is 0 Å². The minimum atomic E-state index is 1.12. The van der Waals surface area contributed by atoms with Gasteiger partial charge in [0.1, 0.15) is 0 Å². The van der Waals surface area contributed by atoms with Crippen molar-refractivity contribution in [1.82, 2.24) is 0 Å². The molecule has 0 unspecified atom stereocenters. The van der Waals surface area contributed by atoms with Crippen molar-refractivity contribution in [2.75, 3.05) is 4.90 Å². The maximum Gasteiger partial charge on any atom is 0.0554 e. The van der Waals surface area contributed by atoms with Crippen LogP contribution in [-0.2, 0) is 6.42 Å². The Morgan fingerprint density at radius 1 is 0.548 bits per heavy atom. The molecular weight excluding hydrogens is 527 g/mol. The fourth-order valence-corrected chi connectivity index (χ4v) is 7.42. The fourth-order valence-electron chi connectivity index (χ4n) is 6.20. The van der Waals surface area contributed by atoms with Crippen molar-refractivity contribution in [3.63, 3.8) is 0 Å². The Hall–Kier alpha value is -4.92. The molecule has 1 heterocycles. The highest BCUT2D eigenvalue weighted by atomic mass is 32.1. The van der Waals surface area contributed by atoms with Gasteiger partial charge in [0, 0.05) is 31.9 Å². The number of rotatable bonds is 5. The standard InChI is InChI=1S/C40H29NS/c1-3-11-28(12-4-1)30-21-23-34(24-22-30)41(33-15-5-2-6-16-33)38-27-40-37(35-17-9-10-18-39(35)42-40)26-36(38)32-20-19-29-13-7-8-14-31(29)25-32/h1-9,11-17,19-27H,10,18H2. The van der Waals surface area contributed by atoms with Crippen LogP contribution in [0.3, 0.4) is 0 Å². The third-order valence-electron chi connectivity index (χ3n) is 8.29. The summed E-state index contributed by atoms with van der Waals surface area (Å²) < 4.78 is 1.34. The number of benzene rings is 6. The molecule has 0 bridgehead atoms. The fraction of sp³-hybridized carbons (Fsp3) is 0.0500. The zero-order chi connectivity index (χ0) is 27.9. The largest absolute Gasteiger partial charge is 0.310 e. The lowest BCUT2D eigenvalue weighted by atomic mass is 9.95. The molecule has 1 aliphatic rings. The molecule has 0 saturated heterocycles. The topological polar surface area (TPSA) is 3.24 Å². The van der Waals surface area contributed by atoms with Gasteiger partial charge in [-0.3, -0.25) is 0 Å². The third kappa shape index (κ3) is 4.41. The maximum absolute atomic E-state index is 2.44. The van der Waals surface area contributed by atoms with E-state index >= 15 is 0 Å². The number of hydrogen-bond donors (Lipinski definition) is 0. The van der Waals surface area contributed by atoms with Gasteiger partial charge in [-0.05, 0) is 88.3 Å². The molecule has 2 heteroatoms. The van der Waals surface area contributed by atoms with Gasteiger partial charge in [0.05, 0.1) is 5.69 Å². The van der Waals surface area contributed by atoms with Crippen LogP contribution >= 0.6 is 11.3 Å². The zero-order valence-electron chi connectivity index (χ0n) is 23.2. The highest BCUT2D eigenvalue weighted by Crippen LogP contribution is 2.47. The van der Waals surface area contributed by atoms with Gasteiger partial charge in [0.25, 0.3) is 0 Å². The van der Waals surface area contributed by atoms with Crippen LogP contribution in [0.15, 0.2) is 146 Å². The van der Waals surface area contributed by atoms with Gasteiger partial charge in [-0.2, -0.15) is 0 Å². The van der Waals surface area contributed by atoms with Gasteiger partial charge >= 0.3 is 0 Å². The Balaban J connectivity index is 1.37. The van der Waals surface area contributed by atoms with E-state index in [1.54, 1.807) is 0 Å². The summed E-state index contributed by atoms with van der Waals surface area (Å²) in [5.41, 5.74) is 9.79. The average Bonchev–Trinajstić information content (AvgIpc) is 3.43. The first-order valence-electron chi connectivity index (χ1n) is 14.6. The lowest BCUT2D eigenvalue weighted by molar-refractivity contribution is 1.02. The predicted octanol–water partition coefficient (Wildman–Crippen LogP) is 11.8. The maximum atomic E-state index is 2.44. The van der Waals surface area contributed by atoms with E-state index in [-0.39, 0.29) is 0 Å². The van der Waals surface area contributed by atoms with Crippen molar-refractivity contribution in [2.24, 2.45) is 0 Å². The van der Waals surface area contributed by atoms with Gasteiger partial charge in [0.2, 0.25) is 0 Å². The molecule has 0 fully saturated rings. The molecule has 1 aliphatic carbocycles. The van der Waals surface area contributed by atoms with Gasteiger partial charge < -0.3 is 4.90 Å². The second-order valence-electron chi connectivity index (χ2n) is 10.9. The van der Waals surface area contributed by atoms with Gasteiger partial charge in [-0.15, -0.1) is 11.3 Å². The second-order valence-corrected chi connectivity index (χ2v) is 12.0. The molecule has 8 rings (SSSR count). The van der Waals surface area contributed by atoms with Crippen LogP contribution in [-0.4, -0.2) is 0 Å². The summed E-state index contributed by atoms with van der Waals surface area (Å²) in [5.74, 6) is 0. The molecule has 0 spiro atoms. The minimum Gasteiger partial charge on any atom is -0.310 e. The van der Waals surface area contributed by atoms with Gasteiger partial charge in [0.15, 0.2) is 0 Å². The Labute approximate surface area is 250 Å². The molecule has 1 aromatic heterocycles. The van der Waals surface area contributed by atoms with Crippen molar-refractivity contribution in [2.45, 2.75) is 12.8 Å². The number of aryl methyl sites for hydroxylation is 1.